The summed E-state index contributed by atoms with van der Waals surface area (Å²) in [5, 5.41) is 11.8. The quantitative estimate of drug-likeness (QED) is 0.173. The lowest BCUT2D eigenvalue weighted by atomic mass is 9.87. The Morgan fingerprint density at radius 3 is 1.76 bits per heavy atom. The van der Waals surface area contributed by atoms with Crippen LogP contribution in [0.25, 0.3) is 110 Å². The van der Waals surface area contributed by atoms with E-state index in [2.05, 4.69) is 133 Å². The van der Waals surface area contributed by atoms with Crippen molar-refractivity contribution in [1.29, 1.82) is 0 Å². The number of fused-ring (bicyclic) bond motifs is 3. The van der Waals surface area contributed by atoms with Gasteiger partial charge >= 0.3 is 0 Å². The topological polar surface area (TPSA) is 13.1 Å². The van der Waals surface area contributed by atoms with E-state index < -0.39 is 6.04 Å². The lowest BCUT2D eigenvalue weighted by Crippen LogP contribution is -1.89. The maximum Gasteiger partial charge on any atom is 0.143 e. The minimum absolute atomic E-state index is 0.204. The number of rotatable bonds is 4. The van der Waals surface area contributed by atoms with Crippen LogP contribution in [0.2, 0.25) is 0 Å². The molecule has 0 aliphatic carbocycles. The Labute approximate surface area is 302 Å². The van der Waals surface area contributed by atoms with Crippen LogP contribution in [0.15, 0.2) is 186 Å². The highest BCUT2D eigenvalue weighted by atomic mass is 16.3. The fraction of sp³-hybridized carbons (Fsp3) is 0. The second kappa shape index (κ2) is 10.9. The first-order valence-corrected chi connectivity index (χ1v) is 17.2. The average Bonchev–Trinajstić information content (AvgIpc) is 3.62. The van der Waals surface area contributed by atoms with Crippen molar-refractivity contribution in [3.05, 3.63) is 182 Å². The highest BCUT2D eigenvalue weighted by molar-refractivity contribution is 6.27. The van der Waals surface area contributed by atoms with Gasteiger partial charge in [0.15, 0.2) is 0 Å². The maximum absolute atomic E-state index is 8.74. The fourth-order valence-corrected chi connectivity index (χ4v) is 8.16. The standard InChI is InChI=1S/C50H30O/c1-2-10-32(11-3-1)40-24-19-34-22-27-44-41(25-20-35-21-26-43(40)47(34)48(35)44)37-23-28-45-46(30-37)51-50(38-18-17-31-9-4-5-13-36(31)29-38)49(45)42-16-8-14-33-12-6-7-15-39(33)42/h1-30H/i1D,2D,3D,10D,11D. The largest absolute Gasteiger partial charge is 0.455 e. The fourth-order valence-electron chi connectivity index (χ4n) is 8.16. The van der Waals surface area contributed by atoms with E-state index in [1.807, 2.05) is 18.2 Å². The van der Waals surface area contributed by atoms with Gasteiger partial charge in [0.2, 0.25) is 0 Å². The SMILES string of the molecule is [2H]c1c([2H])c([2H])c(-c2ccc3ccc4c(-c5ccc6c(-c7cccc8ccccc78)c(-c7ccc8ccccc8c7)oc6c5)ccc5ccc2c3c54)c([2H])c1[2H]. The molecular formula is C50H30O. The van der Waals surface area contributed by atoms with Crippen molar-refractivity contribution < 1.29 is 11.3 Å². The molecule has 0 aliphatic rings. The highest BCUT2D eigenvalue weighted by Gasteiger charge is 2.21. The van der Waals surface area contributed by atoms with Gasteiger partial charge in [-0.15, -0.1) is 0 Å². The molecule has 0 aliphatic heterocycles. The minimum atomic E-state index is -0.395. The van der Waals surface area contributed by atoms with E-state index in [9.17, 15) is 0 Å². The third-order valence-corrected chi connectivity index (χ3v) is 10.5. The van der Waals surface area contributed by atoms with E-state index in [0.29, 0.717) is 5.56 Å². The van der Waals surface area contributed by atoms with Crippen molar-refractivity contribution in [3.63, 3.8) is 0 Å². The molecule has 51 heavy (non-hydrogen) atoms. The third kappa shape index (κ3) is 4.28. The van der Waals surface area contributed by atoms with E-state index in [1.165, 1.54) is 16.2 Å². The first kappa shape index (κ1) is 23.6. The first-order valence-electron chi connectivity index (χ1n) is 19.7. The summed E-state index contributed by atoms with van der Waals surface area (Å²) in [7, 11) is 0. The molecule has 11 rings (SSSR count). The van der Waals surface area contributed by atoms with E-state index in [0.717, 1.165) is 82.3 Å². The van der Waals surface area contributed by atoms with Gasteiger partial charge in [0.25, 0.3) is 0 Å². The summed E-state index contributed by atoms with van der Waals surface area (Å²) in [4.78, 5) is 0. The van der Waals surface area contributed by atoms with Crippen LogP contribution in [-0.2, 0) is 0 Å². The van der Waals surface area contributed by atoms with Crippen molar-refractivity contribution in [2.24, 2.45) is 0 Å². The number of benzene rings is 10. The molecule has 1 heteroatoms. The summed E-state index contributed by atoms with van der Waals surface area (Å²) in [6.45, 7) is 0. The lowest BCUT2D eigenvalue weighted by molar-refractivity contribution is 0.633. The Bertz CT molecular complexity index is 3400. The molecule has 1 aromatic heterocycles. The molecule has 0 spiro atoms. The lowest BCUT2D eigenvalue weighted by Gasteiger charge is -2.16. The summed E-state index contributed by atoms with van der Waals surface area (Å²) in [6, 6.07) is 51.4. The van der Waals surface area contributed by atoms with Crippen molar-refractivity contribution in [1.82, 2.24) is 0 Å². The molecule has 0 fully saturated rings. The number of hydrogen-bond acceptors (Lipinski definition) is 1. The molecule has 11 aromatic rings. The molecule has 1 nitrogen and oxygen atoms in total. The van der Waals surface area contributed by atoms with Gasteiger partial charge in [0.1, 0.15) is 11.3 Å². The van der Waals surface area contributed by atoms with E-state index in [4.69, 9.17) is 11.3 Å². The Hall–Kier alpha value is -6.70. The summed E-state index contributed by atoms with van der Waals surface area (Å²) < 4.78 is 49.3. The molecule has 0 unspecified atom stereocenters. The van der Waals surface area contributed by atoms with Gasteiger partial charge in [0.05, 0.1) is 6.85 Å². The predicted molar refractivity (Wildman–Crippen MR) is 217 cm³/mol. The van der Waals surface area contributed by atoms with Crippen LogP contribution in [0.1, 0.15) is 6.85 Å². The molecular weight excluding hydrogens is 617 g/mol. The van der Waals surface area contributed by atoms with Crippen LogP contribution < -0.4 is 0 Å². The maximum atomic E-state index is 8.74. The summed E-state index contributed by atoms with van der Waals surface area (Å²) in [6.07, 6.45) is 0. The van der Waals surface area contributed by atoms with Crippen LogP contribution in [0.5, 0.6) is 0 Å². The van der Waals surface area contributed by atoms with Crippen molar-refractivity contribution in [2.45, 2.75) is 0 Å². The zero-order valence-electron chi connectivity index (χ0n) is 32.3. The van der Waals surface area contributed by atoms with Gasteiger partial charge in [0, 0.05) is 16.5 Å². The molecule has 0 radical (unpaired) electrons. The van der Waals surface area contributed by atoms with E-state index >= 15 is 0 Å². The molecule has 10 aromatic carbocycles. The van der Waals surface area contributed by atoms with E-state index in [1.54, 1.807) is 0 Å². The second-order valence-electron chi connectivity index (χ2n) is 13.3. The van der Waals surface area contributed by atoms with Gasteiger partial charge in [-0.25, -0.2) is 0 Å². The van der Waals surface area contributed by atoms with Crippen molar-refractivity contribution in [2.75, 3.05) is 0 Å². The van der Waals surface area contributed by atoms with Crippen molar-refractivity contribution >= 4 is 64.8 Å². The zero-order chi connectivity index (χ0) is 37.8. The Balaban J connectivity index is 1.14. The number of furan rings is 1. The summed E-state index contributed by atoms with van der Waals surface area (Å²) in [5.74, 6) is 0.829. The molecule has 236 valence electrons. The minimum Gasteiger partial charge on any atom is -0.455 e. The molecule has 0 bridgehead atoms. The summed E-state index contributed by atoms with van der Waals surface area (Å²) >= 11 is 0. The second-order valence-corrected chi connectivity index (χ2v) is 13.3. The van der Waals surface area contributed by atoms with E-state index in [-0.39, 0.29) is 29.7 Å². The molecule has 1 heterocycles. The van der Waals surface area contributed by atoms with Crippen LogP contribution in [0.4, 0.5) is 0 Å². The van der Waals surface area contributed by atoms with Gasteiger partial charge in [-0.3, -0.25) is 0 Å². The Morgan fingerprint density at radius 2 is 0.980 bits per heavy atom. The van der Waals surface area contributed by atoms with Crippen LogP contribution in [0.3, 0.4) is 0 Å². The van der Waals surface area contributed by atoms with Crippen LogP contribution in [-0.4, -0.2) is 0 Å². The number of hydrogen-bond donors (Lipinski definition) is 0. The van der Waals surface area contributed by atoms with Gasteiger partial charge in [-0.05, 0) is 99.9 Å². The van der Waals surface area contributed by atoms with Crippen molar-refractivity contribution in [3.8, 4) is 44.7 Å². The third-order valence-electron chi connectivity index (χ3n) is 10.5. The highest BCUT2D eigenvalue weighted by Crippen LogP contribution is 2.47. The van der Waals surface area contributed by atoms with Crippen LogP contribution in [0, 0.1) is 0 Å². The van der Waals surface area contributed by atoms with Gasteiger partial charge < -0.3 is 4.42 Å². The molecule has 0 amide bonds. The van der Waals surface area contributed by atoms with Gasteiger partial charge in [-0.1, -0.05) is 164 Å². The average molecular weight is 652 g/mol. The Kier molecular flexibility index (Phi) is 5.05. The monoisotopic (exact) mass is 651 g/mol. The van der Waals surface area contributed by atoms with Gasteiger partial charge in [-0.2, -0.15) is 0 Å². The Morgan fingerprint density at radius 1 is 0.373 bits per heavy atom. The molecule has 0 atom stereocenters. The summed E-state index contributed by atoms with van der Waals surface area (Å²) in [5.41, 5.74) is 6.89. The predicted octanol–water partition coefficient (Wildman–Crippen LogP) is 14.3. The molecule has 0 saturated carbocycles. The zero-order valence-corrected chi connectivity index (χ0v) is 27.3. The molecule has 0 N–H and O–H groups in total. The smallest absolute Gasteiger partial charge is 0.143 e. The van der Waals surface area contributed by atoms with Crippen LogP contribution >= 0.6 is 0 Å². The first-order chi connectivity index (χ1) is 27.4. The normalized spacial score (nSPS) is 13.3. The molecule has 0 saturated heterocycles.